The SMILES string of the molecule is CC(C)OP(=O)(O)OC(N)=O. The van der Waals surface area contributed by atoms with Gasteiger partial charge in [-0.1, -0.05) is 0 Å². The molecule has 0 aliphatic rings. The van der Waals surface area contributed by atoms with Gasteiger partial charge >= 0.3 is 13.9 Å². The predicted molar refractivity (Wildman–Crippen MR) is 36.7 cm³/mol. The first-order valence-electron chi connectivity index (χ1n) is 2.84. The van der Waals surface area contributed by atoms with Gasteiger partial charge in [0.15, 0.2) is 0 Å². The number of primary amides is 1. The minimum absolute atomic E-state index is 0.509. The number of hydrogen-bond donors (Lipinski definition) is 2. The number of hydrogen-bond acceptors (Lipinski definition) is 4. The van der Waals surface area contributed by atoms with Crippen LogP contribution in [0.1, 0.15) is 13.8 Å². The molecule has 0 bridgehead atoms. The largest absolute Gasteiger partial charge is 0.531 e. The summed E-state index contributed by atoms with van der Waals surface area (Å²) in [7, 11) is -4.28. The van der Waals surface area contributed by atoms with Crippen molar-refractivity contribution in [2.24, 2.45) is 5.73 Å². The van der Waals surface area contributed by atoms with Crippen LogP contribution in [0.5, 0.6) is 0 Å². The summed E-state index contributed by atoms with van der Waals surface area (Å²) in [5.41, 5.74) is 4.48. The van der Waals surface area contributed by atoms with Gasteiger partial charge in [0.1, 0.15) is 0 Å². The van der Waals surface area contributed by atoms with E-state index in [0.717, 1.165) is 0 Å². The van der Waals surface area contributed by atoms with E-state index in [4.69, 9.17) is 4.89 Å². The van der Waals surface area contributed by atoms with Crippen LogP contribution >= 0.6 is 7.82 Å². The maximum atomic E-state index is 10.6. The van der Waals surface area contributed by atoms with E-state index >= 15 is 0 Å². The number of carbonyl (C=O) groups is 1. The Labute approximate surface area is 63.9 Å². The topological polar surface area (TPSA) is 98.8 Å². The van der Waals surface area contributed by atoms with Gasteiger partial charge in [0, 0.05) is 0 Å². The molecule has 0 saturated carbocycles. The third-order valence-electron chi connectivity index (χ3n) is 0.549. The zero-order chi connectivity index (χ0) is 9.07. The maximum absolute atomic E-state index is 10.6. The van der Waals surface area contributed by atoms with E-state index in [2.05, 4.69) is 14.8 Å². The van der Waals surface area contributed by atoms with Crippen molar-refractivity contribution >= 4 is 13.9 Å². The van der Waals surface area contributed by atoms with Crippen molar-refractivity contribution in [2.45, 2.75) is 20.0 Å². The average molecular weight is 183 g/mol. The lowest BCUT2D eigenvalue weighted by molar-refractivity contribution is 0.135. The molecule has 0 fully saturated rings. The Morgan fingerprint density at radius 1 is 1.64 bits per heavy atom. The molecule has 66 valence electrons. The number of phosphoric ester groups is 1. The van der Waals surface area contributed by atoms with Crippen LogP contribution < -0.4 is 5.73 Å². The Morgan fingerprint density at radius 3 is 2.36 bits per heavy atom. The molecule has 0 aromatic heterocycles. The Kier molecular flexibility index (Phi) is 3.51. The van der Waals surface area contributed by atoms with E-state index in [-0.39, 0.29) is 0 Å². The van der Waals surface area contributed by atoms with Gasteiger partial charge in [-0.15, -0.1) is 0 Å². The zero-order valence-electron chi connectivity index (χ0n) is 6.18. The van der Waals surface area contributed by atoms with Gasteiger partial charge in [-0.05, 0) is 13.8 Å². The summed E-state index contributed by atoms with van der Waals surface area (Å²) in [6.45, 7) is 3.04. The lowest BCUT2D eigenvalue weighted by Gasteiger charge is -2.11. The fourth-order valence-corrected chi connectivity index (χ4v) is 1.20. The first kappa shape index (κ1) is 10.4. The minimum Gasteiger partial charge on any atom is -0.354 e. The lowest BCUT2D eigenvalue weighted by atomic mass is 10.5. The van der Waals surface area contributed by atoms with Crippen molar-refractivity contribution < 1.29 is 23.3 Å². The molecule has 0 aromatic rings. The number of phosphoric acid groups is 1. The van der Waals surface area contributed by atoms with Gasteiger partial charge in [-0.3, -0.25) is 9.42 Å². The Balaban J connectivity index is 4.01. The summed E-state index contributed by atoms with van der Waals surface area (Å²) in [4.78, 5) is 18.6. The number of carbonyl (C=O) groups excluding carboxylic acids is 1. The normalized spacial score (nSPS) is 16.0. The quantitative estimate of drug-likeness (QED) is 0.624. The summed E-state index contributed by atoms with van der Waals surface area (Å²) in [6.07, 6.45) is -1.85. The van der Waals surface area contributed by atoms with Crippen LogP contribution in [-0.4, -0.2) is 17.1 Å². The molecule has 3 N–H and O–H groups in total. The summed E-state index contributed by atoms with van der Waals surface area (Å²) >= 11 is 0. The molecule has 1 amide bonds. The van der Waals surface area contributed by atoms with Crippen LogP contribution in [0.4, 0.5) is 4.79 Å². The van der Waals surface area contributed by atoms with E-state index in [1.807, 2.05) is 0 Å². The molecule has 11 heavy (non-hydrogen) atoms. The molecule has 0 spiro atoms. The zero-order valence-corrected chi connectivity index (χ0v) is 7.08. The van der Waals surface area contributed by atoms with Crippen molar-refractivity contribution in [1.29, 1.82) is 0 Å². The van der Waals surface area contributed by atoms with Crippen LogP contribution in [0.15, 0.2) is 0 Å². The Bertz CT molecular complexity index is 191. The van der Waals surface area contributed by atoms with E-state index < -0.39 is 20.0 Å². The fourth-order valence-electron chi connectivity index (χ4n) is 0.402. The molecule has 0 heterocycles. The molecule has 7 heteroatoms. The number of amides is 1. The van der Waals surface area contributed by atoms with Crippen LogP contribution in [0.3, 0.4) is 0 Å². The summed E-state index contributed by atoms with van der Waals surface area (Å²) in [5, 5.41) is 0. The molecule has 0 aliphatic heterocycles. The summed E-state index contributed by atoms with van der Waals surface area (Å²) in [5.74, 6) is 0. The molecule has 1 atom stereocenters. The molecular formula is C4H10NO5P. The van der Waals surface area contributed by atoms with Gasteiger partial charge in [0.05, 0.1) is 6.10 Å². The van der Waals surface area contributed by atoms with Gasteiger partial charge in [-0.25, -0.2) is 9.36 Å². The Hall–Kier alpha value is -0.580. The maximum Gasteiger partial charge on any atom is 0.531 e. The third-order valence-corrected chi connectivity index (χ3v) is 1.65. The molecule has 1 unspecified atom stereocenters. The molecule has 0 radical (unpaired) electrons. The molecule has 0 rings (SSSR count). The van der Waals surface area contributed by atoms with E-state index in [9.17, 15) is 9.36 Å². The van der Waals surface area contributed by atoms with Crippen molar-refractivity contribution in [3.63, 3.8) is 0 Å². The second kappa shape index (κ2) is 3.71. The van der Waals surface area contributed by atoms with Gasteiger partial charge < -0.3 is 10.3 Å². The number of rotatable bonds is 3. The third kappa shape index (κ3) is 5.84. The van der Waals surface area contributed by atoms with Crippen molar-refractivity contribution in [1.82, 2.24) is 0 Å². The van der Waals surface area contributed by atoms with E-state index in [1.54, 1.807) is 0 Å². The van der Waals surface area contributed by atoms with Crippen LogP contribution in [0.2, 0.25) is 0 Å². The minimum atomic E-state index is -4.28. The van der Waals surface area contributed by atoms with Crippen LogP contribution in [0.25, 0.3) is 0 Å². The highest BCUT2D eigenvalue weighted by Crippen LogP contribution is 2.44. The fraction of sp³-hybridized carbons (Fsp3) is 0.750. The van der Waals surface area contributed by atoms with Crippen molar-refractivity contribution in [3.8, 4) is 0 Å². The second-order valence-electron chi connectivity index (χ2n) is 2.03. The second-order valence-corrected chi connectivity index (χ2v) is 3.36. The molecule has 0 aromatic carbocycles. The smallest absolute Gasteiger partial charge is 0.354 e. The lowest BCUT2D eigenvalue weighted by Crippen LogP contribution is -2.13. The predicted octanol–water partition coefficient (Wildman–Crippen LogP) is 0.607. The molecular weight excluding hydrogens is 173 g/mol. The monoisotopic (exact) mass is 183 g/mol. The Morgan fingerprint density at radius 2 is 2.09 bits per heavy atom. The first-order chi connectivity index (χ1) is 4.83. The van der Waals surface area contributed by atoms with Gasteiger partial charge in [0.25, 0.3) is 0 Å². The van der Waals surface area contributed by atoms with Crippen LogP contribution in [0, 0.1) is 0 Å². The van der Waals surface area contributed by atoms with Crippen molar-refractivity contribution in [3.05, 3.63) is 0 Å². The highest BCUT2D eigenvalue weighted by molar-refractivity contribution is 7.48. The van der Waals surface area contributed by atoms with Crippen LogP contribution in [-0.2, 0) is 13.6 Å². The highest BCUT2D eigenvalue weighted by atomic mass is 31.2. The van der Waals surface area contributed by atoms with Crippen molar-refractivity contribution in [2.75, 3.05) is 0 Å². The standard InChI is InChI=1S/C4H10NO5P/c1-3(2)9-11(7,8)10-4(5)6/h3H,1-2H3,(H2,5,6)(H,7,8). The first-order valence-corrected chi connectivity index (χ1v) is 4.33. The molecule has 6 nitrogen and oxygen atoms in total. The summed E-state index contributed by atoms with van der Waals surface area (Å²) in [6, 6.07) is 0. The number of nitrogens with two attached hydrogens (primary N) is 1. The molecule has 0 saturated heterocycles. The van der Waals surface area contributed by atoms with E-state index in [0.29, 0.717) is 0 Å². The highest BCUT2D eigenvalue weighted by Gasteiger charge is 2.25. The summed E-state index contributed by atoms with van der Waals surface area (Å²) < 4.78 is 18.8. The van der Waals surface area contributed by atoms with E-state index in [1.165, 1.54) is 13.8 Å². The van der Waals surface area contributed by atoms with Gasteiger partial charge in [-0.2, -0.15) is 0 Å². The molecule has 0 aliphatic carbocycles. The van der Waals surface area contributed by atoms with Gasteiger partial charge in [0.2, 0.25) is 0 Å². The average Bonchev–Trinajstić information content (AvgIpc) is 1.53.